The van der Waals surface area contributed by atoms with Gasteiger partial charge in [-0.3, -0.25) is 0 Å². The van der Waals surface area contributed by atoms with Crippen molar-refractivity contribution in [1.29, 1.82) is 0 Å². The maximum absolute atomic E-state index is 12.8. The second kappa shape index (κ2) is 7.92. The molecule has 1 aliphatic heterocycles. The van der Waals surface area contributed by atoms with Crippen LogP contribution < -0.4 is 9.64 Å². The van der Waals surface area contributed by atoms with Crippen LogP contribution in [-0.2, 0) is 10.0 Å². The molecule has 1 saturated heterocycles. The highest BCUT2D eigenvalue weighted by molar-refractivity contribution is 14.1. The van der Waals surface area contributed by atoms with Gasteiger partial charge in [-0.15, -0.1) is 0 Å². The van der Waals surface area contributed by atoms with Gasteiger partial charge in [0, 0.05) is 29.7 Å². The van der Waals surface area contributed by atoms with Crippen molar-refractivity contribution in [3.05, 3.63) is 52.1 Å². The Hall–Kier alpha value is -1.32. The van der Waals surface area contributed by atoms with Crippen LogP contribution in [0.1, 0.15) is 6.92 Å². The van der Waals surface area contributed by atoms with Crippen molar-refractivity contribution in [2.45, 2.75) is 11.8 Å². The molecule has 1 aliphatic rings. The van der Waals surface area contributed by atoms with Gasteiger partial charge in [-0.05, 0) is 65.9 Å². The molecule has 2 aromatic rings. The van der Waals surface area contributed by atoms with Gasteiger partial charge in [-0.2, -0.15) is 4.31 Å². The molecule has 25 heavy (non-hydrogen) atoms. The van der Waals surface area contributed by atoms with E-state index in [1.807, 2.05) is 43.3 Å². The molecule has 1 heterocycles. The van der Waals surface area contributed by atoms with Gasteiger partial charge in [0.15, 0.2) is 0 Å². The summed E-state index contributed by atoms with van der Waals surface area (Å²) in [6.07, 6.45) is 0. The summed E-state index contributed by atoms with van der Waals surface area (Å²) < 4.78 is 33.9. The van der Waals surface area contributed by atoms with E-state index in [2.05, 4.69) is 27.5 Å². The second-order valence-corrected chi connectivity index (χ2v) is 8.93. The van der Waals surface area contributed by atoms with Crippen LogP contribution in [0.5, 0.6) is 5.75 Å². The van der Waals surface area contributed by atoms with Gasteiger partial charge >= 0.3 is 0 Å². The van der Waals surface area contributed by atoms with Crippen LogP contribution in [0.2, 0.25) is 0 Å². The predicted molar refractivity (Wildman–Crippen MR) is 108 cm³/mol. The SMILES string of the molecule is CCOc1ccccc1N1CCN(S(=O)(=O)c2ccc(I)cc2)CC1. The Morgan fingerprint density at radius 2 is 1.64 bits per heavy atom. The van der Waals surface area contributed by atoms with Crippen molar-refractivity contribution in [3.63, 3.8) is 0 Å². The predicted octanol–water partition coefficient (Wildman–Crippen LogP) is 3.20. The third kappa shape index (κ3) is 4.09. The molecular weight excluding hydrogens is 451 g/mol. The summed E-state index contributed by atoms with van der Waals surface area (Å²) in [6.45, 7) is 4.80. The maximum Gasteiger partial charge on any atom is 0.243 e. The fourth-order valence-electron chi connectivity index (χ4n) is 2.92. The molecule has 0 amide bonds. The summed E-state index contributed by atoms with van der Waals surface area (Å²) in [5.41, 5.74) is 1.02. The zero-order chi connectivity index (χ0) is 17.9. The molecule has 134 valence electrons. The summed E-state index contributed by atoms with van der Waals surface area (Å²) >= 11 is 2.17. The van der Waals surface area contributed by atoms with Crippen LogP contribution in [0.25, 0.3) is 0 Å². The van der Waals surface area contributed by atoms with Crippen molar-refractivity contribution >= 4 is 38.3 Å². The van der Waals surface area contributed by atoms with Crippen LogP contribution in [0.3, 0.4) is 0 Å². The van der Waals surface area contributed by atoms with Crippen molar-refractivity contribution < 1.29 is 13.2 Å². The molecule has 2 aromatic carbocycles. The largest absolute Gasteiger partial charge is 0.492 e. The van der Waals surface area contributed by atoms with E-state index in [1.165, 1.54) is 0 Å². The summed E-state index contributed by atoms with van der Waals surface area (Å²) in [6, 6.07) is 14.9. The topological polar surface area (TPSA) is 49.9 Å². The highest BCUT2D eigenvalue weighted by atomic mass is 127. The Balaban J connectivity index is 1.73. The highest BCUT2D eigenvalue weighted by Crippen LogP contribution is 2.29. The zero-order valence-corrected chi connectivity index (χ0v) is 17.0. The first-order valence-corrected chi connectivity index (χ1v) is 10.8. The first-order chi connectivity index (χ1) is 12.0. The smallest absolute Gasteiger partial charge is 0.243 e. The Morgan fingerprint density at radius 3 is 2.28 bits per heavy atom. The number of sulfonamides is 1. The molecule has 3 rings (SSSR count). The molecule has 1 fully saturated rings. The van der Waals surface area contributed by atoms with Gasteiger partial charge in [0.05, 0.1) is 17.2 Å². The van der Waals surface area contributed by atoms with Gasteiger partial charge in [0.25, 0.3) is 0 Å². The highest BCUT2D eigenvalue weighted by Gasteiger charge is 2.29. The third-order valence-corrected chi connectivity index (χ3v) is 6.83. The molecule has 5 nitrogen and oxygen atoms in total. The fourth-order valence-corrected chi connectivity index (χ4v) is 4.70. The number of benzene rings is 2. The van der Waals surface area contributed by atoms with Gasteiger partial charge in [0.2, 0.25) is 10.0 Å². The molecule has 0 bridgehead atoms. The van der Waals surface area contributed by atoms with Crippen molar-refractivity contribution in [3.8, 4) is 5.75 Å². The minimum Gasteiger partial charge on any atom is -0.492 e. The lowest BCUT2D eigenvalue weighted by Gasteiger charge is -2.36. The molecule has 0 radical (unpaired) electrons. The lowest BCUT2D eigenvalue weighted by Crippen LogP contribution is -2.48. The van der Waals surface area contributed by atoms with Crippen molar-refractivity contribution in [2.24, 2.45) is 0 Å². The van der Waals surface area contributed by atoms with E-state index in [0.29, 0.717) is 37.7 Å². The molecule has 0 spiro atoms. The number of hydrogen-bond donors (Lipinski definition) is 0. The zero-order valence-electron chi connectivity index (χ0n) is 14.1. The normalized spacial score (nSPS) is 16.0. The van der Waals surface area contributed by atoms with E-state index < -0.39 is 10.0 Å². The summed E-state index contributed by atoms with van der Waals surface area (Å²) in [5, 5.41) is 0. The Morgan fingerprint density at radius 1 is 1.00 bits per heavy atom. The van der Waals surface area contributed by atoms with Crippen molar-refractivity contribution in [2.75, 3.05) is 37.7 Å². The summed E-state index contributed by atoms with van der Waals surface area (Å²) in [7, 11) is -3.43. The van der Waals surface area contributed by atoms with E-state index in [-0.39, 0.29) is 0 Å². The Bertz CT molecular complexity index is 816. The lowest BCUT2D eigenvalue weighted by molar-refractivity contribution is 0.337. The average Bonchev–Trinajstić information content (AvgIpc) is 2.63. The first kappa shape index (κ1) is 18.5. The van der Waals surface area contributed by atoms with E-state index in [4.69, 9.17) is 4.74 Å². The quantitative estimate of drug-likeness (QED) is 0.628. The minimum atomic E-state index is -3.43. The van der Waals surface area contributed by atoms with Crippen molar-refractivity contribution in [1.82, 2.24) is 4.31 Å². The fraction of sp³-hybridized carbons (Fsp3) is 0.333. The molecule has 0 saturated carbocycles. The number of hydrogen-bond acceptors (Lipinski definition) is 4. The van der Waals surface area contributed by atoms with Crippen LogP contribution in [0.4, 0.5) is 5.69 Å². The van der Waals surface area contributed by atoms with Crippen LogP contribution in [0.15, 0.2) is 53.4 Å². The van der Waals surface area contributed by atoms with Crippen LogP contribution in [0, 0.1) is 3.57 Å². The monoisotopic (exact) mass is 472 g/mol. The molecule has 7 heteroatoms. The van der Waals surface area contributed by atoms with Gasteiger partial charge < -0.3 is 9.64 Å². The van der Waals surface area contributed by atoms with Gasteiger partial charge in [0.1, 0.15) is 5.75 Å². The van der Waals surface area contributed by atoms with Gasteiger partial charge in [-0.25, -0.2) is 8.42 Å². The number of para-hydroxylation sites is 2. The van der Waals surface area contributed by atoms with Crippen LogP contribution >= 0.6 is 22.6 Å². The first-order valence-electron chi connectivity index (χ1n) is 8.25. The standard InChI is InChI=1S/C18H21IN2O3S/c1-2-24-18-6-4-3-5-17(18)20-11-13-21(14-12-20)25(22,23)16-9-7-15(19)8-10-16/h3-10H,2,11-14H2,1H3. The molecular formula is C18H21IN2O3S. The number of rotatable bonds is 5. The molecule has 0 aliphatic carbocycles. The third-order valence-electron chi connectivity index (χ3n) is 4.20. The molecule has 0 N–H and O–H groups in total. The average molecular weight is 472 g/mol. The number of anilines is 1. The van der Waals surface area contributed by atoms with E-state index in [9.17, 15) is 8.42 Å². The van der Waals surface area contributed by atoms with E-state index in [0.717, 1.165) is 15.0 Å². The van der Waals surface area contributed by atoms with Crippen LogP contribution in [-0.4, -0.2) is 45.5 Å². The Kier molecular flexibility index (Phi) is 5.85. The maximum atomic E-state index is 12.8. The summed E-state index contributed by atoms with van der Waals surface area (Å²) in [5.74, 6) is 0.846. The molecule has 0 unspecified atom stereocenters. The summed E-state index contributed by atoms with van der Waals surface area (Å²) in [4.78, 5) is 2.54. The Labute approximate surface area is 162 Å². The number of piperazine rings is 1. The number of nitrogens with zero attached hydrogens (tertiary/aromatic N) is 2. The van der Waals surface area contributed by atoms with Gasteiger partial charge in [-0.1, -0.05) is 12.1 Å². The number of ether oxygens (including phenoxy) is 1. The van der Waals surface area contributed by atoms with E-state index >= 15 is 0 Å². The number of halogens is 1. The van der Waals surface area contributed by atoms with E-state index in [1.54, 1.807) is 16.4 Å². The lowest BCUT2D eigenvalue weighted by atomic mass is 10.2. The minimum absolute atomic E-state index is 0.357. The molecule has 0 aromatic heterocycles. The molecule has 0 atom stereocenters. The second-order valence-electron chi connectivity index (χ2n) is 5.75.